The fourth-order valence-electron chi connectivity index (χ4n) is 3.66. The zero-order valence-electron chi connectivity index (χ0n) is 27.0. The Bertz CT molecular complexity index is 240. The normalized spacial score (nSPS) is 10.3. The van der Waals surface area contributed by atoms with Gasteiger partial charge in [0.1, 0.15) is 0 Å². The molecule has 0 amide bonds. The second kappa shape index (κ2) is 48.0. The van der Waals surface area contributed by atoms with Crippen LogP contribution in [0.1, 0.15) is 158 Å². The van der Waals surface area contributed by atoms with Crippen LogP contribution >= 0.6 is 0 Å². The summed E-state index contributed by atoms with van der Waals surface area (Å²) in [7, 11) is 0. The molecular weight excluding hydrogens is 859 g/mol. The van der Waals surface area contributed by atoms with Gasteiger partial charge in [-0.3, -0.25) is 0 Å². The summed E-state index contributed by atoms with van der Waals surface area (Å²) in [5.41, 5.74) is 0. The van der Waals surface area contributed by atoms with Crippen LogP contribution in [0.4, 0.5) is 0 Å². The Morgan fingerprint density at radius 1 is 0.306 bits per heavy atom. The van der Waals surface area contributed by atoms with E-state index in [4.69, 9.17) is 0 Å². The standard InChI is InChI=1S/8C4H9.4Sn/c8*1-3-4-2;;;;/h8*1,3-4H2,2H3;;;;. The van der Waals surface area contributed by atoms with Crippen molar-refractivity contribution >= 4 is 84.6 Å². The van der Waals surface area contributed by atoms with E-state index in [-0.39, 0.29) is 0 Å². The summed E-state index contributed by atoms with van der Waals surface area (Å²) >= 11 is 1.69. The second-order valence-corrected chi connectivity index (χ2v) is 30.3. The third-order valence-electron chi connectivity index (χ3n) is 6.36. The molecule has 0 aromatic carbocycles. The third kappa shape index (κ3) is 50.1. The van der Waals surface area contributed by atoms with Gasteiger partial charge in [-0.05, 0) is 0 Å². The first kappa shape index (κ1) is 46.2. The summed E-state index contributed by atoms with van der Waals surface area (Å²) in [4.78, 5) is 0. The van der Waals surface area contributed by atoms with Gasteiger partial charge in [-0.1, -0.05) is 0 Å². The first-order valence-electron chi connectivity index (χ1n) is 16.5. The van der Waals surface area contributed by atoms with Crippen molar-refractivity contribution < 1.29 is 0 Å². The molecule has 36 heavy (non-hydrogen) atoms. The van der Waals surface area contributed by atoms with E-state index in [1.165, 1.54) is 112 Å². The molecule has 0 aliphatic heterocycles. The van der Waals surface area contributed by atoms with Crippen molar-refractivity contribution in [2.24, 2.45) is 0 Å². The second-order valence-electron chi connectivity index (χ2n) is 10.3. The number of hydrogen-bond donors (Lipinski definition) is 0. The van der Waals surface area contributed by atoms with Gasteiger partial charge in [0.25, 0.3) is 0 Å². The van der Waals surface area contributed by atoms with Gasteiger partial charge in [0.05, 0.1) is 0 Å². The molecular formula is C32H72Sn4. The molecule has 0 aliphatic carbocycles. The third-order valence-corrected chi connectivity index (χ3v) is 26.5. The summed E-state index contributed by atoms with van der Waals surface area (Å²) < 4.78 is 12.9. The molecule has 0 unspecified atom stereocenters. The van der Waals surface area contributed by atoms with Gasteiger partial charge in [0.15, 0.2) is 0 Å². The Hall–Kier alpha value is 3.19. The Balaban J connectivity index is -0.000000208. The van der Waals surface area contributed by atoms with Crippen LogP contribution in [0.25, 0.3) is 0 Å². The van der Waals surface area contributed by atoms with Crippen LogP contribution in [0.3, 0.4) is 0 Å². The fraction of sp³-hybridized carbons (Fsp3) is 1.00. The fourth-order valence-corrected chi connectivity index (χ4v) is 24.6. The summed E-state index contributed by atoms with van der Waals surface area (Å²) in [6.07, 6.45) is 23.3. The van der Waals surface area contributed by atoms with Crippen molar-refractivity contribution in [2.75, 3.05) is 0 Å². The van der Waals surface area contributed by atoms with Crippen molar-refractivity contribution in [3.05, 3.63) is 0 Å². The van der Waals surface area contributed by atoms with E-state index >= 15 is 0 Å². The first-order valence-corrected chi connectivity index (χ1v) is 32.6. The predicted molar refractivity (Wildman–Crippen MR) is 181 cm³/mol. The molecule has 216 valence electrons. The van der Waals surface area contributed by atoms with E-state index < -0.39 is 39.5 Å². The van der Waals surface area contributed by atoms with Gasteiger partial charge in [-0.25, -0.2) is 0 Å². The minimum absolute atomic E-state index is 0.839. The number of unbranched alkanes of at least 4 members (excludes halogenated alkanes) is 8. The monoisotopic (exact) mass is 936 g/mol. The molecule has 0 saturated heterocycles. The molecule has 0 bridgehead atoms. The number of rotatable bonds is 22. The summed E-state index contributed by atoms with van der Waals surface area (Å²) in [5, 5.41) is 0. The molecule has 0 heterocycles. The van der Waals surface area contributed by atoms with Gasteiger partial charge < -0.3 is 0 Å². The first-order chi connectivity index (χ1) is 17.5. The van der Waals surface area contributed by atoms with Crippen molar-refractivity contribution in [3.63, 3.8) is 0 Å². The summed E-state index contributed by atoms with van der Waals surface area (Å²) in [5.74, 6) is 0. The van der Waals surface area contributed by atoms with Crippen molar-refractivity contribution in [1.82, 2.24) is 0 Å². The molecule has 0 spiro atoms. The Labute approximate surface area is 274 Å². The molecule has 0 saturated carbocycles. The van der Waals surface area contributed by atoms with Crippen LogP contribution in [0.15, 0.2) is 0 Å². The average Bonchev–Trinajstić information content (AvgIpc) is 2.90. The van der Waals surface area contributed by atoms with Gasteiger partial charge in [0.2, 0.25) is 0 Å². The molecule has 0 atom stereocenters. The molecule has 0 fully saturated rings. The van der Waals surface area contributed by atoms with Gasteiger partial charge in [0, 0.05) is 0 Å². The maximum absolute atomic E-state index is 2.33. The van der Waals surface area contributed by atoms with E-state index in [2.05, 4.69) is 55.4 Å². The van der Waals surface area contributed by atoms with Crippen LogP contribution < -0.4 is 0 Å². The Morgan fingerprint density at radius 2 is 0.472 bits per heavy atom. The average molecular weight is 932 g/mol. The quantitative estimate of drug-likeness (QED) is 0.0949. The molecule has 0 aliphatic rings. The van der Waals surface area contributed by atoms with Crippen LogP contribution in [-0.2, 0) is 0 Å². The SMILES string of the molecule is CCC[CH2][Sn].CCC[CH2][Sn].CCC[CH2][Sn]([CH2]CCC)[CH2]CCC.CCC[CH2][Sn]([CH2]CCC)[CH2]CCC. The van der Waals surface area contributed by atoms with Gasteiger partial charge in [-0.15, -0.1) is 0 Å². The maximum atomic E-state index is 2.33. The van der Waals surface area contributed by atoms with Gasteiger partial charge >= 0.3 is 278 Å². The molecule has 0 nitrogen and oxygen atoms in total. The Kier molecular flexibility index (Phi) is 61.5. The molecule has 4 heteroatoms. The van der Waals surface area contributed by atoms with Crippen LogP contribution in [0, 0.1) is 0 Å². The van der Waals surface area contributed by atoms with E-state index in [9.17, 15) is 0 Å². The van der Waals surface area contributed by atoms with E-state index in [1.54, 1.807) is 71.7 Å². The molecule has 0 aromatic rings. The van der Waals surface area contributed by atoms with Crippen LogP contribution in [0.5, 0.6) is 0 Å². The van der Waals surface area contributed by atoms with Crippen LogP contribution in [0.2, 0.25) is 35.5 Å². The zero-order chi connectivity index (χ0) is 28.1. The van der Waals surface area contributed by atoms with E-state index in [0.29, 0.717) is 0 Å². The zero-order valence-corrected chi connectivity index (χ0v) is 38.4. The minimum atomic E-state index is -0.839. The molecule has 0 N–H and O–H groups in total. The topological polar surface area (TPSA) is 0 Å². The van der Waals surface area contributed by atoms with Crippen molar-refractivity contribution in [3.8, 4) is 0 Å². The molecule has 0 rings (SSSR count). The Morgan fingerprint density at radius 3 is 0.556 bits per heavy atom. The summed E-state index contributed by atoms with van der Waals surface area (Å²) in [6.45, 7) is 18.5. The van der Waals surface area contributed by atoms with Crippen molar-refractivity contribution in [1.29, 1.82) is 0 Å². The number of hydrogen-bond acceptors (Lipinski definition) is 0. The van der Waals surface area contributed by atoms with Gasteiger partial charge in [-0.2, -0.15) is 0 Å². The van der Waals surface area contributed by atoms with E-state index in [0.717, 1.165) is 0 Å². The van der Waals surface area contributed by atoms with Crippen molar-refractivity contribution in [2.45, 2.75) is 194 Å². The predicted octanol–water partition coefficient (Wildman–Crippen LogP) is 12.5. The van der Waals surface area contributed by atoms with E-state index in [1.807, 2.05) is 0 Å². The summed E-state index contributed by atoms with van der Waals surface area (Å²) in [6, 6.07) is 0. The molecule has 8 radical (unpaired) electrons. The van der Waals surface area contributed by atoms with Crippen LogP contribution in [-0.4, -0.2) is 84.6 Å². The molecule has 0 aromatic heterocycles.